The third-order valence-electron chi connectivity index (χ3n) is 3.03. The highest BCUT2D eigenvalue weighted by Gasteiger charge is 2.30. The van der Waals surface area contributed by atoms with Gasteiger partial charge >= 0.3 is 6.61 Å². The number of carbonyl (C=O) groups is 2. The minimum atomic E-state index is -2.85. The summed E-state index contributed by atoms with van der Waals surface area (Å²) in [7, 11) is 0. The number of nitrogens with zero attached hydrogens (tertiary/aromatic N) is 1. The molecule has 0 spiro atoms. The van der Waals surface area contributed by atoms with Crippen molar-refractivity contribution >= 4 is 22.8 Å². The van der Waals surface area contributed by atoms with E-state index >= 15 is 0 Å². The second-order valence-corrected chi connectivity index (χ2v) is 6.21. The van der Waals surface area contributed by atoms with Crippen molar-refractivity contribution in [2.75, 3.05) is 6.54 Å². The number of hydrogen-bond donors (Lipinski definition) is 0. The fraction of sp³-hybridized carbons (Fsp3) is 0.429. The highest BCUT2D eigenvalue weighted by molar-refractivity contribution is 8.14. The lowest BCUT2D eigenvalue weighted by Crippen LogP contribution is -2.25. The Morgan fingerprint density at radius 2 is 2.10 bits per heavy atom. The van der Waals surface area contributed by atoms with Crippen molar-refractivity contribution in [3.05, 3.63) is 29.8 Å². The molecular formula is C14H15F2NO3S. The number of hydrogen-bond acceptors (Lipinski definition) is 4. The summed E-state index contributed by atoms with van der Waals surface area (Å²) in [5.41, 5.74) is 0.832. The quantitative estimate of drug-likeness (QED) is 0.838. The van der Waals surface area contributed by atoms with Crippen LogP contribution in [0.5, 0.6) is 5.75 Å². The summed E-state index contributed by atoms with van der Waals surface area (Å²) in [6.45, 7) is -0.430. The topological polar surface area (TPSA) is 46.6 Å². The van der Waals surface area contributed by atoms with Gasteiger partial charge in [-0.1, -0.05) is 23.9 Å². The van der Waals surface area contributed by atoms with E-state index < -0.39 is 6.61 Å². The summed E-state index contributed by atoms with van der Waals surface area (Å²) in [5, 5.41) is -0.000379. The molecule has 0 saturated carbocycles. The minimum Gasteiger partial charge on any atom is -0.435 e. The SMILES string of the molecule is CC(=O)SC1CC(=O)N(Cc2ccc(OC(F)F)cc2)C1. The van der Waals surface area contributed by atoms with Crippen LogP contribution in [0.25, 0.3) is 0 Å². The van der Waals surface area contributed by atoms with Crippen LogP contribution in [0, 0.1) is 0 Å². The molecule has 1 aliphatic rings. The predicted molar refractivity (Wildman–Crippen MR) is 75.2 cm³/mol. The van der Waals surface area contributed by atoms with Crippen molar-refractivity contribution in [3.8, 4) is 5.75 Å². The van der Waals surface area contributed by atoms with Crippen LogP contribution < -0.4 is 4.74 Å². The minimum absolute atomic E-state index is 0.00153. The van der Waals surface area contributed by atoms with Crippen molar-refractivity contribution in [1.82, 2.24) is 4.90 Å². The van der Waals surface area contributed by atoms with Crippen LogP contribution in [-0.2, 0) is 16.1 Å². The van der Waals surface area contributed by atoms with Gasteiger partial charge in [-0.3, -0.25) is 9.59 Å². The maximum atomic E-state index is 12.0. The van der Waals surface area contributed by atoms with Crippen LogP contribution in [0.3, 0.4) is 0 Å². The zero-order valence-corrected chi connectivity index (χ0v) is 12.2. The maximum absolute atomic E-state index is 12.0. The Kier molecular flexibility index (Phi) is 5.17. The van der Waals surface area contributed by atoms with Crippen molar-refractivity contribution in [2.45, 2.75) is 31.8 Å². The van der Waals surface area contributed by atoms with E-state index in [1.54, 1.807) is 17.0 Å². The van der Waals surface area contributed by atoms with E-state index in [-0.39, 0.29) is 22.0 Å². The first kappa shape index (κ1) is 15.8. The number of rotatable bonds is 5. The lowest BCUT2D eigenvalue weighted by Gasteiger charge is -2.16. The average Bonchev–Trinajstić information content (AvgIpc) is 2.70. The molecule has 1 aliphatic heterocycles. The van der Waals surface area contributed by atoms with Gasteiger partial charge in [-0.2, -0.15) is 8.78 Å². The van der Waals surface area contributed by atoms with Gasteiger partial charge in [0.25, 0.3) is 0 Å². The molecule has 7 heteroatoms. The van der Waals surface area contributed by atoms with E-state index in [0.717, 1.165) is 5.56 Å². The van der Waals surface area contributed by atoms with Gasteiger partial charge in [0.1, 0.15) is 5.75 Å². The summed E-state index contributed by atoms with van der Waals surface area (Å²) in [6.07, 6.45) is 0.358. The molecule has 1 heterocycles. The summed E-state index contributed by atoms with van der Waals surface area (Å²) in [6, 6.07) is 6.19. The molecule has 1 saturated heterocycles. The summed E-state index contributed by atoms with van der Waals surface area (Å²) in [4.78, 5) is 24.6. The van der Waals surface area contributed by atoms with Gasteiger partial charge in [0, 0.05) is 31.7 Å². The van der Waals surface area contributed by atoms with Gasteiger partial charge in [0.05, 0.1) is 0 Å². The second-order valence-electron chi connectivity index (χ2n) is 4.73. The van der Waals surface area contributed by atoms with Crippen LogP contribution in [0.4, 0.5) is 8.78 Å². The Morgan fingerprint density at radius 1 is 1.43 bits per heavy atom. The Balaban J connectivity index is 1.92. The number of likely N-dealkylation sites (tertiary alicyclic amines) is 1. The van der Waals surface area contributed by atoms with Gasteiger partial charge in [-0.25, -0.2) is 0 Å². The predicted octanol–water partition coefficient (Wildman–Crippen LogP) is 2.67. The van der Waals surface area contributed by atoms with E-state index in [1.165, 1.54) is 30.8 Å². The number of halogens is 2. The zero-order chi connectivity index (χ0) is 15.4. The summed E-state index contributed by atoms with van der Waals surface area (Å²) >= 11 is 1.18. The molecule has 2 rings (SSSR count). The first-order chi connectivity index (χ1) is 9.94. The standard InChI is InChI=1S/C14H15F2NO3S/c1-9(18)21-12-6-13(19)17(8-12)7-10-2-4-11(5-3-10)20-14(15)16/h2-5,12,14H,6-8H2,1H3. The molecule has 0 radical (unpaired) electrons. The average molecular weight is 315 g/mol. The highest BCUT2D eigenvalue weighted by Crippen LogP contribution is 2.26. The van der Waals surface area contributed by atoms with Gasteiger partial charge < -0.3 is 9.64 Å². The van der Waals surface area contributed by atoms with Crippen molar-refractivity contribution in [3.63, 3.8) is 0 Å². The number of carbonyl (C=O) groups excluding carboxylic acids is 2. The molecule has 4 nitrogen and oxygen atoms in total. The van der Waals surface area contributed by atoms with Gasteiger partial charge in [0.2, 0.25) is 5.91 Å². The molecule has 0 bridgehead atoms. The summed E-state index contributed by atoms with van der Waals surface area (Å²) < 4.78 is 28.4. The number of ether oxygens (including phenoxy) is 1. The Labute approximate surface area is 125 Å². The van der Waals surface area contributed by atoms with E-state index in [2.05, 4.69) is 4.74 Å². The van der Waals surface area contributed by atoms with Crippen molar-refractivity contribution in [1.29, 1.82) is 0 Å². The van der Waals surface area contributed by atoms with Crippen LogP contribution >= 0.6 is 11.8 Å². The normalized spacial score (nSPS) is 18.4. The number of thioether (sulfide) groups is 1. The number of benzene rings is 1. The molecule has 0 aromatic heterocycles. The first-order valence-electron chi connectivity index (χ1n) is 6.43. The van der Waals surface area contributed by atoms with Crippen LogP contribution in [0.1, 0.15) is 18.9 Å². The lowest BCUT2D eigenvalue weighted by molar-refractivity contribution is -0.128. The van der Waals surface area contributed by atoms with E-state index in [1.807, 2.05) is 0 Å². The first-order valence-corrected chi connectivity index (χ1v) is 7.31. The number of amides is 1. The van der Waals surface area contributed by atoms with E-state index in [0.29, 0.717) is 19.5 Å². The molecule has 114 valence electrons. The largest absolute Gasteiger partial charge is 0.435 e. The smallest absolute Gasteiger partial charge is 0.387 e. The fourth-order valence-corrected chi connectivity index (χ4v) is 3.15. The zero-order valence-electron chi connectivity index (χ0n) is 11.4. The van der Waals surface area contributed by atoms with Crippen LogP contribution in [-0.4, -0.2) is 34.3 Å². The van der Waals surface area contributed by atoms with Gasteiger partial charge in [-0.15, -0.1) is 0 Å². The Bertz CT molecular complexity index is 521. The van der Waals surface area contributed by atoms with Crippen molar-refractivity contribution < 1.29 is 23.1 Å². The molecule has 1 unspecified atom stereocenters. The molecule has 1 aromatic rings. The molecule has 0 N–H and O–H groups in total. The van der Waals surface area contributed by atoms with Gasteiger partial charge in [0.15, 0.2) is 5.12 Å². The molecule has 1 fully saturated rings. The maximum Gasteiger partial charge on any atom is 0.387 e. The second kappa shape index (κ2) is 6.89. The molecule has 21 heavy (non-hydrogen) atoms. The highest BCUT2D eigenvalue weighted by atomic mass is 32.2. The fourth-order valence-electron chi connectivity index (χ4n) is 2.20. The molecule has 1 aromatic carbocycles. The Hall–Kier alpha value is -1.63. The van der Waals surface area contributed by atoms with E-state index in [9.17, 15) is 18.4 Å². The monoisotopic (exact) mass is 315 g/mol. The van der Waals surface area contributed by atoms with Crippen LogP contribution in [0.15, 0.2) is 24.3 Å². The van der Waals surface area contributed by atoms with E-state index in [4.69, 9.17) is 0 Å². The van der Waals surface area contributed by atoms with Crippen molar-refractivity contribution in [2.24, 2.45) is 0 Å². The van der Waals surface area contributed by atoms with Crippen LogP contribution in [0.2, 0.25) is 0 Å². The summed E-state index contributed by atoms with van der Waals surface area (Å²) in [5.74, 6) is 0.0909. The van der Waals surface area contributed by atoms with Gasteiger partial charge in [-0.05, 0) is 17.7 Å². The third kappa shape index (κ3) is 4.70. The number of alkyl halides is 2. The Morgan fingerprint density at radius 3 is 2.67 bits per heavy atom. The molecule has 0 aliphatic carbocycles. The molecule has 1 atom stereocenters. The molecular weight excluding hydrogens is 300 g/mol. The molecule has 1 amide bonds. The third-order valence-corrected chi connectivity index (χ3v) is 4.01. The lowest BCUT2D eigenvalue weighted by atomic mass is 10.2.